The largest absolute Gasteiger partial charge is 0.494 e. The van der Waals surface area contributed by atoms with E-state index in [0.29, 0.717) is 29.5 Å². The summed E-state index contributed by atoms with van der Waals surface area (Å²) < 4.78 is 5.56. The summed E-state index contributed by atoms with van der Waals surface area (Å²) in [6, 6.07) is 13.4. The summed E-state index contributed by atoms with van der Waals surface area (Å²) in [6.45, 7) is 10.2. The number of likely N-dealkylation sites (tertiary alicyclic amines) is 1. The molecule has 5 nitrogen and oxygen atoms in total. The summed E-state index contributed by atoms with van der Waals surface area (Å²) in [5.41, 5.74) is 4.36. The van der Waals surface area contributed by atoms with Gasteiger partial charge in [0.1, 0.15) is 11.4 Å². The minimum Gasteiger partial charge on any atom is -0.494 e. The Morgan fingerprint density at radius 2 is 1.77 bits per heavy atom. The first-order valence-corrected chi connectivity index (χ1v) is 11.1. The maximum Gasteiger partial charge on any atom is 0.282 e. The topological polar surface area (TPSA) is 49.9 Å². The molecule has 4 rings (SSSR count). The molecule has 0 bridgehead atoms. The first-order valence-electron chi connectivity index (χ1n) is 11.1. The van der Waals surface area contributed by atoms with E-state index in [9.17, 15) is 9.59 Å². The standard InChI is InChI=1S/C26H30N2O3/c1-5-31-21-12-10-20(11-13-21)23-24(27-14-6-7-18(3)16-27)26(30)28(25(23)29)22-15-17(2)8-9-19(22)4/h8-13,15,18H,5-7,14,16H2,1-4H3. The smallest absolute Gasteiger partial charge is 0.282 e. The van der Waals surface area contributed by atoms with E-state index >= 15 is 0 Å². The van der Waals surface area contributed by atoms with Crippen LogP contribution in [-0.4, -0.2) is 36.4 Å². The molecule has 2 heterocycles. The second kappa shape index (κ2) is 8.58. The van der Waals surface area contributed by atoms with Crippen LogP contribution in [0.25, 0.3) is 5.57 Å². The molecule has 0 aromatic heterocycles. The van der Waals surface area contributed by atoms with Crippen molar-refractivity contribution in [1.82, 2.24) is 4.90 Å². The maximum absolute atomic E-state index is 13.7. The molecule has 2 aliphatic rings. The Labute approximate surface area is 184 Å². The van der Waals surface area contributed by atoms with Crippen molar-refractivity contribution in [1.29, 1.82) is 0 Å². The van der Waals surface area contributed by atoms with Crippen LogP contribution in [0.5, 0.6) is 5.75 Å². The fourth-order valence-electron chi connectivity index (χ4n) is 4.53. The van der Waals surface area contributed by atoms with Gasteiger partial charge < -0.3 is 9.64 Å². The van der Waals surface area contributed by atoms with Crippen LogP contribution in [0, 0.1) is 19.8 Å². The Morgan fingerprint density at radius 1 is 1.03 bits per heavy atom. The van der Waals surface area contributed by atoms with Gasteiger partial charge in [0, 0.05) is 13.1 Å². The zero-order valence-corrected chi connectivity index (χ0v) is 18.8. The number of piperidine rings is 1. The van der Waals surface area contributed by atoms with Crippen LogP contribution in [0.1, 0.15) is 43.4 Å². The number of amides is 2. The average Bonchev–Trinajstić information content (AvgIpc) is 3.01. The summed E-state index contributed by atoms with van der Waals surface area (Å²) in [7, 11) is 0. The number of ether oxygens (including phenoxy) is 1. The molecule has 162 valence electrons. The molecule has 1 saturated heterocycles. The lowest BCUT2D eigenvalue weighted by atomic mass is 9.97. The summed E-state index contributed by atoms with van der Waals surface area (Å²) in [4.78, 5) is 30.9. The Hall–Kier alpha value is -3.08. The van der Waals surface area contributed by atoms with Crippen molar-refractivity contribution < 1.29 is 14.3 Å². The molecular formula is C26H30N2O3. The highest BCUT2D eigenvalue weighted by Gasteiger charge is 2.43. The Kier molecular flexibility index (Phi) is 5.86. The lowest BCUT2D eigenvalue weighted by molar-refractivity contribution is -0.120. The highest BCUT2D eigenvalue weighted by atomic mass is 16.5. The lowest BCUT2D eigenvalue weighted by Gasteiger charge is -2.33. The molecular weight excluding hydrogens is 388 g/mol. The Morgan fingerprint density at radius 3 is 2.45 bits per heavy atom. The predicted octanol–water partition coefficient (Wildman–Crippen LogP) is 4.72. The van der Waals surface area contributed by atoms with Gasteiger partial charge in [0.2, 0.25) is 0 Å². The fraction of sp³-hybridized carbons (Fsp3) is 0.385. The second-order valence-corrected chi connectivity index (χ2v) is 8.61. The van der Waals surface area contributed by atoms with Crippen LogP contribution < -0.4 is 9.64 Å². The van der Waals surface area contributed by atoms with Crippen LogP contribution in [-0.2, 0) is 9.59 Å². The number of aryl methyl sites for hydroxylation is 2. The number of nitrogens with zero attached hydrogens (tertiary/aromatic N) is 2. The molecule has 5 heteroatoms. The van der Waals surface area contributed by atoms with E-state index in [4.69, 9.17) is 4.74 Å². The summed E-state index contributed by atoms with van der Waals surface area (Å²) in [6.07, 6.45) is 2.16. The molecule has 0 aliphatic carbocycles. The zero-order chi connectivity index (χ0) is 22.1. The van der Waals surface area contributed by atoms with Crippen LogP contribution in [0.2, 0.25) is 0 Å². The van der Waals surface area contributed by atoms with Gasteiger partial charge in [-0.25, -0.2) is 4.90 Å². The minimum absolute atomic E-state index is 0.225. The fourth-order valence-corrected chi connectivity index (χ4v) is 4.53. The zero-order valence-electron chi connectivity index (χ0n) is 18.8. The molecule has 2 aromatic rings. The summed E-state index contributed by atoms with van der Waals surface area (Å²) >= 11 is 0. The number of benzene rings is 2. The van der Waals surface area contributed by atoms with Crippen molar-refractivity contribution in [2.45, 2.75) is 40.5 Å². The first kappa shape index (κ1) is 21.2. The molecule has 0 N–H and O–H groups in total. The van der Waals surface area contributed by atoms with Gasteiger partial charge in [0.05, 0.1) is 17.9 Å². The highest BCUT2D eigenvalue weighted by Crippen LogP contribution is 2.38. The van der Waals surface area contributed by atoms with E-state index in [1.54, 1.807) is 0 Å². The molecule has 1 fully saturated rings. The predicted molar refractivity (Wildman–Crippen MR) is 123 cm³/mol. The van der Waals surface area contributed by atoms with Crippen molar-refractivity contribution in [2.75, 3.05) is 24.6 Å². The minimum atomic E-state index is -0.254. The van der Waals surface area contributed by atoms with Gasteiger partial charge >= 0.3 is 0 Å². The van der Waals surface area contributed by atoms with E-state index in [1.807, 2.05) is 63.2 Å². The quantitative estimate of drug-likeness (QED) is 0.660. The third-order valence-electron chi connectivity index (χ3n) is 6.09. The molecule has 2 aliphatic heterocycles. The van der Waals surface area contributed by atoms with Crippen LogP contribution in [0.3, 0.4) is 0 Å². The van der Waals surface area contributed by atoms with Gasteiger partial charge in [-0.3, -0.25) is 9.59 Å². The molecule has 1 atom stereocenters. The summed E-state index contributed by atoms with van der Waals surface area (Å²) in [5, 5.41) is 0. The van der Waals surface area contributed by atoms with Crippen LogP contribution in [0.15, 0.2) is 48.2 Å². The number of rotatable bonds is 5. The molecule has 2 aromatic carbocycles. The van der Waals surface area contributed by atoms with Gasteiger partial charge in [0.15, 0.2) is 0 Å². The van der Waals surface area contributed by atoms with Crippen molar-refractivity contribution in [2.24, 2.45) is 5.92 Å². The van der Waals surface area contributed by atoms with E-state index < -0.39 is 0 Å². The molecule has 1 unspecified atom stereocenters. The van der Waals surface area contributed by atoms with Gasteiger partial charge in [-0.05, 0) is 74.4 Å². The number of imide groups is 1. The van der Waals surface area contributed by atoms with Crippen molar-refractivity contribution in [3.8, 4) is 5.75 Å². The highest BCUT2D eigenvalue weighted by molar-refractivity contribution is 6.45. The maximum atomic E-state index is 13.7. The molecule has 0 radical (unpaired) electrons. The van der Waals surface area contributed by atoms with Crippen molar-refractivity contribution in [3.63, 3.8) is 0 Å². The Bertz CT molecular complexity index is 1040. The first-order chi connectivity index (χ1) is 14.9. The van der Waals surface area contributed by atoms with E-state index in [0.717, 1.165) is 48.4 Å². The number of hydrogen-bond acceptors (Lipinski definition) is 4. The normalized spacial score (nSPS) is 19.4. The number of anilines is 1. The number of carbonyl (C=O) groups is 2. The van der Waals surface area contributed by atoms with Crippen molar-refractivity contribution >= 4 is 23.1 Å². The van der Waals surface area contributed by atoms with E-state index in [2.05, 4.69) is 11.8 Å². The molecule has 31 heavy (non-hydrogen) atoms. The van der Waals surface area contributed by atoms with Crippen molar-refractivity contribution in [3.05, 3.63) is 64.9 Å². The van der Waals surface area contributed by atoms with E-state index in [-0.39, 0.29) is 11.8 Å². The Balaban J connectivity index is 1.82. The third kappa shape index (κ3) is 3.97. The molecule has 0 saturated carbocycles. The van der Waals surface area contributed by atoms with Crippen LogP contribution >= 0.6 is 0 Å². The van der Waals surface area contributed by atoms with Gasteiger partial charge in [-0.1, -0.05) is 31.2 Å². The number of carbonyl (C=O) groups excluding carboxylic acids is 2. The van der Waals surface area contributed by atoms with Gasteiger partial charge in [-0.15, -0.1) is 0 Å². The van der Waals surface area contributed by atoms with Gasteiger partial charge in [0.25, 0.3) is 11.8 Å². The second-order valence-electron chi connectivity index (χ2n) is 8.61. The SMILES string of the molecule is CCOc1ccc(C2=C(N3CCCC(C)C3)C(=O)N(c3cc(C)ccc3C)C2=O)cc1. The molecule has 0 spiro atoms. The molecule has 2 amide bonds. The third-order valence-corrected chi connectivity index (χ3v) is 6.09. The van der Waals surface area contributed by atoms with Crippen LogP contribution in [0.4, 0.5) is 5.69 Å². The summed E-state index contributed by atoms with van der Waals surface area (Å²) in [5.74, 6) is 0.761. The average molecular weight is 419 g/mol. The lowest BCUT2D eigenvalue weighted by Crippen LogP contribution is -2.39. The number of hydrogen-bond donors (Lipinski definition) is 0. The van der Waals surface area contributed by atoms with E-state index in [1.165, 1.54) is 4.90 Å². The monoisotopic (exact) mass is 418 g/mol. The van der Waals surface area contributed by atoms with Gasteiger partial charge in [-0.2, -0.15) is 0 Å².